The monoisotopic (exact) mass is 494 g/mol. The van der Waals surface area contributed by atoms with Crippen LogP contribution in [-0.4, -0.2) is 35.2 Å². The van der Waals surface area contributed by atoms with E-state index in [4.69, 9.17) is 11.6 Å². The maximum atomic E-state index is 13.7. The Kier molecular flexibility index (Phi) is 5.62. The number of carbonyl (C=O) groups excluding carboxylic acids is 1. The number of sulfone groups is 1. The molecule has 4 aromatic rings. The minimum absolute atomic E-state index is 0.0241. The molecule has 0 saturated heterocycles. The molecule has 1 N–H and O–H groups in total. The van der Waals surface area contributed by atoms with Gasteiger partial charge in [0.1, 0.15) is 0 Å². The van der Waals surface area contributed by atoms with E-state index in [0.29, 0.717) is 15.1 Å². The Labute approximate surface area is 190 Å². The predicted molar refractivity (Wildman–Crippen MR) is 116 cm³/mol. The highest BCUT2D eigenvalue weighted by Crippen LogP contribution is 2.32. The molecule has 0 spiro atoms. The highest BCUT2D eigenvalue weighted by molar-refractivity contribution is 7.90. The topological polar surface area (TPSA) is 93.4 Å². The molecule has 7 nitrogen and oxygen atoms in total. The zero-order chi connectivity index (χ0) is 24.0. The minimum Gasteiger partial charge on any atom is -0.321 e. The molecule has 0 aliphatic carbocycles. The summed E-state index contributed by atoms with van der Waals surface area (Å²) in [6.45, 7) is 0. The Hall–Kier alpha value is -3.44. The molecule has 0 atom stereocenters. The van der Waals surface area contributed by atoms with Crippen molar-refractivity contribution in [2.45, 2.75) is 11.1 Å². The van der Waals surface area contributed by atoms with Gasteiger partial charge >= 0.3 is 6.18 Å². The first-order valence-corrected chi connectivity index (χ1v) is 11.5. The largest absolute Gasteiger partial charge is 0.433 e. The zero-order valence-electron chi connectivity index (χ0n) is 16.8. The number of rotatable bonds is 4. The van der Waals surface area contributed by atoms with E-state index >= 15 is 0 Å². The molecule has 12 heteroatoms. The number of amides is 1. The summed E-state index contributed by atoms with van der Waals surface area (Å²) < 4.78 is 65.1. The Morgan fingerprint density at radius 3 is 2.39 bits per heavy atom. The maximum absolute atomic E-state index is 13.7. The molecule has 0 radical (unpaired) electrons. The van der Waals surface area contributed by atoms with Crippen LogP contribution in [0.5, 0.6) is 0 Å². The predicted octanol–water partition coefficient (Wildman–Crippen LogP) is 4.72. The van der Waals surface area contributed by atoms with Crippen LogP contribution in [0.1, 0.15) is 16.2 Å². The van der Waals surface area contributed by atoms with Gasteiger partial charge in [-0.2, -0.15) is 18.3 Å². The summed E-state index contributed by atoms with van der Waals surface area (Å²) >= 11 is 5.85. The number of fused-ring (bicyclic) bond motifs is 1. The van der Waals surface area contributed by atoms with Crippen LogP contribution in [0.4, 0.5) is 18.9 Å². The summed E-state index contributed by atoms with van der Waals surface area (Å²) in [4.78, 5) is 16.8. The van der Waals surface area contributed by atoms with Crippen LogP contribution < -0.4 is 5.32 Å². The number of nitrogens with one attached hydrogen (secondary N) is 1. The molecule has 0 aliphatic heterocycles. The Morgan fingerprint density at radius 2 is 1.76 bits per heavy atom. The van der Waals surface area contributed by atoms with Gasteiger partial charge in [0.15, 0.2) is 26.9 Å². The molecule has 0 saturated carbocycles. The summed E-state index contributed by atoms with van der Waals surface area (Å²) in [5.74, 6) is -0.827. The van der Waals surface area contributed by atoms with E-state index in [1.165, 1.54) is 48.5 Å². The number of hydrogen-bond donors (Lipinski definition) is 1. The van der Waals surface area contributed by atoms with E-state index in [0.717, 1.165) is 18.4 Å². The van der Waals surface area contributed by atoms with Crippen LogP contribution in [0.2, 0.25) is 5.02 Å². The molecule has 2 aromatic carbocycles. The normalized spacial score (nSPS) is 12.2. The van der Waals surface area contributed by atoms with E-state index in [1.54, 1.807) is 0 Å². The number of benzene rings is 2. The molecular formula is C21H14ClF3N4O3S. The molecule has 0 aliphatic rings. The summed E-state index contributed by atoms with van der Waals surface area (Å²) in [7, 11) is -3.52. The van der Waals surface area contributed by atoms with Crippen LogP contribution in [0.3, 0.4) is 0 Å². The lowest BCUT2D eigenvalue weighted by Crippen LogP contribution is -2.16. The second-order valence-electron chi connectivity index (χ2n) is 7.08. The SMILES string of the molecule is CS(=O)(=O)c1cccc(NC(=O)c2cc3nc(-c4ccc(Cl)cc4)cc(C(F)(F)F)n3n2)c1. The van der Waals surface area contributed by atoms with Gasteiger partial charge in [0.05, 0.1) is 10.6 Å². The number of alkyl halides is 3. The molecular weight excluding hydrogens is 481 g/mol. The second kappa shape index (κ2) is 8.16. The fourth-order valence-corrected chi connectivity index (χ4v) is 3.85. The van der Waals surface area contributed by atoms with Crippen molar-refractivity contribution in [3.63, 3.8) is 0 Å². The van der Waals surface area contributed by atoms with E-state index in [2.05, 4.69) is 15.4 Å². The van der Waals surface area contributed by atoms with E-state index in [-0.39, 0.29) is 27.6 Å². The molecule has 170 valence electrons. The van der Waals surface area contributed by atoms with E-state index < -0.39 is 27.6 Å². The van der Waals surface area contributed by atoms with Gasteiger partial charge in [0, 0.05) is 28.6 Å². The average Bonchev–Trinajstić information content (AvgIpc) is 3.17. The molecule has 33 heavy (non-hydrogen) atoms. The third-order valence-corrected chi connectivity index (χ3v) is 5.97. The standard InChI is InChI=1S/C21H14ClF3N4O3S/c1-33(31,32)15-4-2-3-14(9-15)26-20(30)17-11-19-27-16(12-5-7-13(22)8-6-12)10-18(21(23,24)25)29(19)28-17/h2-11H,1H3,(H,26,30). The maximum Gasteiger partial charge on any atom is 0.433 e. The highest BCUT2D eigenvalue weighted by Gasteiger charge is 2.35. The third-order valence-electron chi connectivity index (χ3n) is 4.61. The first kappa shape index (κ1) is 22.7. The van der Waals surface area contributed by atoms with Crippen molar-refractivity contribution in [1.82, 2.24) is 14.6 Å². The van der Waals surface area contributed by atoms with Crippen LogP contribution in [0, 0.1) is 0 Å². The molecule has 0 unspecified atom stereocenters. The molecule has 0 bridgehead atoms. The number of halogens is 4. The van der Waals surface area contributed by atoms with Crippen molar-refractivity contribution in [2.24, 2.45) is 0 Å². The van der Waals surface area contributed by atoms with Gasteiger partial charge in [0.2, 0.25) is 0 Å². The molecule has 2 heterocycles. The summed E-state index contributed by atoms with van der Waals surface area (Å²) in [5.41, 5.74) is -1.06. The number of carbonyl (C=O) groups is 1. The molecule has 2 aromatic heterocycles. The van der Waals surface area contributed by atoms with Gasteiger partial charge < -0.3 is 5.32 Å². The summed E-state index contributed by atoms with van der Waals surface area (Å²) in [5, 5.41) is 6.63. The quantitative estimate of drug-likeness (QED) is 0.443. The molecule has 0 fully saturated rings. The van der Waals surface area contributed by atoms with E-state index in [1.807, 2.05) is 0 Å². The number of anilines is 1. The first-order chi connectivity index (χ1) is 15.4. The first-order valence-electron chi connectivity index (χ1n) is 9.27. The molecule has 1 amide bonds. The fourth-order valence-electron chi connectivity index (χ4n) is 3.06. The van der Waals surface area contributed by atoms with Gasteiger partial charge in [-0.25, -0.2) is 17.9 Å². The number of nitrogens with zero attached hydrogens (tertiary/aromatic N) is 3. The van der Waals surface area contributed by atoms with Crippen LogP contribution in [0.25, 0.3) is 16.9 Å². The lowest BCUT2D eigenvalue weighted by atomic mass is 10.1. The highest BCUT2D eigenvalue weighted by atomic mass is 35.5. The summed E-state index contributed by atoms with van der Waals surface area (Å²) in [6, 6.07) is 13.5. The fraction of sp³-hybridized carbons (Fsp3) is 0.0952. The van der Waals surface area contributed by atoms with E-state index in [9.17, 15) is 26.4 Å². The average molecular weight is 495 g/mol. The van der Waals surface area contributed by atoms with Gasteiger partial charge in [0.25, 0.3) is 5.91 Å². The lowest BCUT2D eigenvalue weighted by Gasteiger charge is -2.11. The summed E-state index contributed by atoms with van der Waals surface area (Å²) in [6.07, 6.45) is -3.76. The number of aromatic nitrogens is 3. The Bertz CT molecular complexity index is 1480. The smallest absolute Gasteiger partial charge is 0.321 e. The minimum atomic E-state index is -4.77. The van der Waals surface area contributed by atoms with Gasteiger partial charge in [-0.05, 0) is 36.4 Å². The third kappa shape index (κ3) is 4.83. The Balaban J connectivity index is 1.75. The van der Waals surface area contributed by atoms with Crippen molar-refractivity contribution in [2.75, 3.05) is 11.6 Å². The van der Waals surface area contributed by atoms with Gasteiger partial charge in [-0.1, -0.05) is 29.8 Å². The zero-order valence-corrected chi connectivity index (χ0v) is 18.3. The number of hydrogen-bond acceptors (Lipinski definition) is 5. The van der Waals surface area contributed by atoms with Crippen molar-refractivity contribution in [3.8, 4) is 11.3 Å². The van der Waals surface area contributed by atoms with Crippen LogP contribution in [-0.2, 0) is 16.0 Å². The van der Waals surface area contributed by atoms with Crippen molar-refractivity contribution in [1.29, 1.82) is 0 Å². The Morgan fingerprint density at radius 1 is 1.06 bits per heavy atom. The van der Waals surface area contributed by atoms with Crippen molar-refractivity contribution in [3.05, 3.63) is 77.1 Å². The lowest BCUT2D eigenvalue weighted by molar-refractivity contribution is -0.142. The van der Waals surface area contributed by atoms with Crippen LogP contribution >= 0.6 is 11.6 Å². The van der Waals surface area contributed by atoms with Gasteiger partial charge in [-0.15, -0.1) is 0 Å². The van der Waals surface area contributed by atoms with Crippen LogP contribution in [0.15, 0.2) is 65.6 Å². The second-order valence-corrected chi connectivity index (χ2v) is 9.54. The van der Waals surface area contributed by atoms with Crippen molar-refractivity contribution >= 4 is 38.7 Å². The van der Waals surface area contributed by atoms with Gasteiger partial charge in [-0.3, -0.25) is 4.79 Å². The molecule has 4 rings (SSSR count). The van der Waals surface area contributed by atoms with Crippen molar-refractivity contribution < 1.29 is 26.4 Å².